The quantitative estimate of drug-likeness (QED) is 0.876. The maximum atomic E-state index is 12.4. The van der Waals surface area contributed by atoms with E-state index in [0.717, 1.165) is 6.07 Å². The minimum absolute atomic E-state index is 0.000602. The van der Waals surface area contributed by atoms with Gasteiger partial charge in [0.25, 0.3) is 0 Å². The van der Waals surface area contributed by atoms with Gasteiger partial charge in [0.05, 0.1) is 6.26 Å². The molecule has 1 aromatic carbocycles. The van der Waals surface area contributed by atoms with Gasteiger partial charge in [0, 0.05) is 16.0 Å². The van der Waals surface area contributed by atoms with Crippen LogP contribution in [-0.4, -0.2) is 11.4 Å². The Morgan fingerprint density at radius 3 is 2.53 bits per heavy atom. The smallest absolute Gasteiger partial charge is 0.446 e. The van der Waals surface area contributed by atoms with Crippen molar-refractivity contribution in [1.29, 1.82) is 0 Å². The van der Waals surface area contributed by atoms with Crippen LogP contribution in [0.15, 0.2) is 45.9 Å². The van der Waals surface area contributed by atoms with Gasteiger partial charge in [-0.1, -0.05) is 0 Å². The van der Waals surface area contributed by atoms with Gasteiger partial charge >= 0.3 is 5.51 Å². The number of furan rings is 1. The van der Waals surface area contributed by atoms with Gasteiger partial charge < -0.3 is 10.2 Å². The van der Waals surface area contributed by atoms with E-state index in [1.165, 1.54) is 18.4 Å². The third-order valence-corrected chi connectivity index (χ3v) is 2.93. The Hall–Kier alpha value is -1.89. The Kier molecular flexibility index (Phi) is 3.57. The van der Waals surface area contributed by atoms with E-state index in [2.05, 4.69) is 0 Å². The fraction of sp³-hybridized carbons (Fsp3) is 0.0833. The number of rotatable bonds is 3. The highest BCUT2D eigenvalue weighted by atomic mass is 32.2. The van der Waals surface area contributed by atoms with Crippen molar-refractivity contribution in [2.45, 2.75) is 10.4 Å². The summed E-state index contributed by atoms with van der Waals surface area (Å²) >= 11 is -0.306. The molecule has 0 aliphatic heterocycles. The Morgan fingerprint density at radius 2 is 2.00 bits per heavy atom. The molecule has 100 valence electrons. The Bertz CT molecular complexity index is 594. The van der Waals surface area contributed by atoms with Crippen molar-refractivity contribution < 1.29 is 22.4 Å². The monoisotopic (exact) mass is 287 g/mol. The van der Waals surface area contributed by atoms with E-state index in [1.807, 2.05) is 0 Å². The molecule has 1 aromatic heterocycles. The Labute approximate surface area is 110 Å². The van der Waals surface area contributed by atoms with Gasteiger partial charge in [-0.3, -0.25) is 4.79 Å². The van der Waals surface area contributed by atoms with Gasteiger partial charge in [-0.2, -0.15) is 13.2 Å². The van der Waals surface area contributed by atoms with Crippen LogP contribution in [0.5, 0.6) is 0 Å². The molecule has 0 spiro atoms. The van der Waals surface area contributed by atoms with Gasteiger partial charge in [0.1, 0.15) is 5.76 Å². The number of amides is 1. The lowest BCUT2D eigenvalue weighted by atomic mass is 10.1. The first-order valence-electron chi connectivity index (χ1n) is 5.10. The predicted molar refractivity (Wildman–Crippen MR) is 64.6 cm³/mol. The number of halogens is 3. The SMILES string of the molecule is NC(=O)c1cc(SC(F)(F)F)cc(-c2ccco2)c1. The second-order valence-electron chi connectivity index (χ2n) is 3.64. The Balaban J connectivity index is 2.47. The van der Waals surface area contributed by atoms with Crippen molar-refractivity contribution in [1.82, 2.24) is 0 Å². The molecular formula is C12H8F3NO2S. The Morgan fingerprint density at radius 1 is 1.26 bits per heavy atom. The summed E-state index contributed by atoms with van der Waals surface area (Å²) in [6.07, 6.45) is 1.39. The lowest BCUT2D eigenvalue weighted by Gasteiger charge is -2.08. The first kappa shape index (κ1) is 13.5. The van der Waals surface area contributed by atoms with Crippen molar-refractivity contribution >= 4 is 17.7 Å². The zero-order valence-electron chi connectivity index (χ0n) is 9.40. The normalized spacial score (nSPS) is 11.5. The number of thioether (sulfide) groups is 1. The van der Waals surface area contributed by atoms with Crippen LogP contribution in [0, 0.1) is 0 Å². The lowest BCUT2D eigenvalue weighted by Crippen LogP contribution is -2.11. The molecule has 7 heteroatoms. The maximum absolute atomic E-state index is 12.4. The van der Waals surface area contributed by atoms with Crippen LogP contribution in [0.1, 0.15) is 10.4 Å². The van der Waals surface area contributed by atoms with Crippen LogP contribution in [-0.2, 0) is 0 Å². The molecule has 0 atom stereocenters. The van der Waals surface area contributed by atoms with Gasteiger partial charge in [0.15, 0.2) is 0 Å². The number of primary amides is 1. The van der Waals surface area contributed by atoms with E-state index in [0.29, 0.717) is 11.3 Å². The minimum atomic E-state index is -4.43. The van der Waals surface area contributed by atoms with E-state index >= 15 is 0 Å². The molecule has 0 unspecified atom stereocenters. The molecule has 0 radical (unpaired) electrons. The molecule has 1 heterocycles. The highest BCUT2D eigenvalue weighted by Gasteiger charge is 2.29. The molecular weight excluding hydrogens is 279 g/mol. The van der Waals surface area contributed by atoms with E-state index in [1.54, 1.807) is 12.1 Å². The summed E-state index contributed by atoms with van der Waals surface area (Å²) < 4.78 is 42.2. The molecule has 0 bridgehead atoms. The summed E-state index contributed by atoms with van der Waals surface area (Å²) in [7, 11) is 0. The largest absolute Gasteiger partial charge is 0.464 e. The molecule has 2 N–H and O–H groups in total. The maximum Gasteiger partial charge on any atom is 0.446 e. The summed E-state index contributed by atoms with van der Waals surface area (Å²) in [5, 5.41) is 0. The second-order valence-corrected chi connectivity index (χ2v) is 4.77. The summed E-state index contributed by atoms with van der Waals surface area (Å²) in [4.78, 5) is 11.0. The summed E-state index contributed by atoms with van der Waals surface area (Å²) in [5.74, 6) is -0.426. The first-order chi connectivity index (χ1) is 8.85. The molecule has 0 saturated carbocycles. The van der Waals surface area contributed by atoms with Crippen molar-refractivity contribution in [3.63, 3.8) is 0 Å². The summed E-state index contributed by atoms with van der Waals surface area (Å²) in [5.41, 5.74) is 1.04. The molecule has 0 aliphatic carbocycles. The molecule has 0 saturated heterocycles. The molecule has 2 rings (SSSR count). The van der Waals surface area contributed by atoms with Gasteiger partial charge in [-0.15, -0.1) is 0 Å². The minimum Gasteiger partial charge on any atom is -0.464 e. The number of hydrogen-bond donors (Lipinski definition) is 1. The summed E-state index contributed by atoms with van der Waals surface area (Å²) in [6, 6.07) is 6.98. The van der Waals surface area contributed by atoms with Crippen molar-refractivity contribution in [3.8, 4) is 11.3 Å². The molecule has 2 aromatic rings. The van der Waals surface area contributed by atoms with Crippen LogP contribution in [0.3, 0.4) is 0 Å². The first-order valence-corrected chi connectivity index (χ1v) is 5.91. The molecule has 1 amide bonds. The van der Waals surface area contributed by atoms with Gasteiger partial charge in [0.2, 0.25) is 5.91 Å². The van der Waals surface area contributed by atoms with Crippen molar-refractivity contribution in [2.24, 2.45) is 5.73 Å². The molecule has 19 heavy (non-hydrogen) atoms. The van der Waals surface area contributed by atoms with Gasteiger partial charge in [-0.05, 0) is 42.1 Å². The molecule has 3 nitrogen and oxygen atoms in total. The fourth-order valence-corrected chi connectivity index (χ4v) is 2.16. The van der Waals surface area contributed by atoms with Crippen molar-refractivity contribution in [3.05, 3.63) is 42.2 Å². The fourth-order valence-electron chi connectivity index (χ4n) is 1.52. The third kappa shape index (κ3) is 3.54. The topological polar surface area (TPSA) is 56.2 Å². The predicted octanol–water partition coefficient (Wildman–Crippen LogP) is 3.66. The number of carbonyl (C=O) groups is 1. The van der Waals surface area contributed by atoms with E-state index in [4.69, 9.17) is 10.2 Å². The highest BCUT2D eigenvalue weighted by Crippen LogP contribution is 2.38. The highest BCUT2D eigenvalue weighted by molar-refractivity contribution is 8.00. The summed E-state index contributed by atoms with van der Waals surface area (Å²) in [6.45, 7) is 0. The average Bonchev–Trinajstić information content (AvgIpc) is 2.79. The second kappa shape index (κ2) is 5.00. The number of benzene rings is 1. The van der Waals surface area contributed by atoms with E-state index < -0.39 is 11.4 Å². The van der Waals surface area contributed by atoms with Gasteiger partial charge in [-0.25, -0.2) is 0 Å². The molecule has 0 fully saturated rings. The number of hydrogen-bond acceptors (Lipinski definition) is 3. The van der Waals surface area contributed by atoms with Crippen LogP contribution >= 0.6 is 11.8 Å². The third-order valence-electron chi connectivity index (χ3n) is 2.23. The average molecular weight is 287 g/mol. The van der Waals surface area contributed by atoms with Crippen LogP contribution in [0.2, 0.25) is 0 Å². The standard InChI is InChI=1S/C12H8F3NO2S/c13-12(14,15)19-9-5-7(10-2-1-3-18-10)4-8(6-9)11(16)17/h1-6H,(H2,16,17). The van der Waals surface area contributed by atoms with Crippen LogP contribution < -0.4 is 5.73 Å². The number of carbonyl (C=O) groups excluding carboxylic acids is 1. The van der Waals surface area contributed by atoms with E-state index in [-0.39, 0.29) is 22.2 Å². The van der Waals surface area contributed by atoms with Crippen LogP contribution in [0.25, 0.3) is 11.3 Å². The zero-order chi connectivity index (χ0) is 14.0. The number of nitrogens with two attached hydrogens (primary N) is 1. The van der Waals surface area contributed by atoms with E-state index in [9.17, 15) is 18.0 Å². The lowest BCUT2D eigenvalue weighted by molar-refractivity contribution is -0.0328. The zero-order valence-corrected chi connectivity index (χ0v) is 10.2. The number of alkyl halides is 3. The molecule has 0 aliphatic rings. The van der Waals surface area contributed by atoms with Crippen molar-refractivity contribution in [2.75, 3.05) is 0 Å². The van der Waals surface area contributed by atoms with Crippen LogP contribution in [0.4, 0.5) is 13.2 Å².